The molecule has 186 valence electrons. The molecule has 0 aliphatic heterocycles. The molecule has 1 saturated carbocycles. The Morgan fingerprint density at radius 2 is 2.19 bits per heavy atom. The Balaban J connectivity index is 1.61. The summed E-state index contributed by atoms with van der Waals surface area (Å²) in [7, 11) is 0. The van der Waals surface area contributed by atoms with E-state index < -0.39 is 17.7 Å². The largest absolute Gasteiger partial charge is 0.387 e. The van der Waals surface area contributed by atoms with Crippen molar-refractivity contribution in [3.05, 3.63) is 58.2 Å². The number of carbonyl (C=O) groups is 1. The number of anilines is 1. The number of hydrogen-bond acceptors (Lipinski definition) is 7. The predicted molar refractivity (Wildman–Crippen MR) is 131 cm³/mol. The van der Waals surface area contributed by atoms with Crippen molar-refractivity contribution in [3.8, 4) is 17.5 Å². The highest BCUT2D eigenvalue weighted by molar-refractivity contribution is 6.00. The lowest BCUT2D eigenvalue weighted by Crippen LogP contribution is -2.42. The van der Waals surface area contributed by atoms with Crippen molar-refractivity contribution >= 4 is 17.1 Å². The summed E-state index contributed by atoms with van der Waals surface area (Å²) in [6, 6.07) is 9.23. The summed E-state index contributed by atoms with van der Waals surface area (Å²) in [6.45, 7) is 2.75. The highest BCUT2D eigenvalue weighted by Crippen LogP contribution is 2.33. The van der Waals surface area contributed by atoms with Crippen LogP contribution in [0.4, 0.5) is 10.1 Å². The molecule has 11 nitrogen and oxygen atoms in total. The van der Waals surface area contributed by atoms with Crippen molar-refractivity contribution in [2.75, 3.05) is 18.4 Å². The molecule has 0 spiro atoms. The van der Waals surface area contributed by atoms with E-state index in [0.29, 0.717) is 29.2 Å². The number of amides is 1. The number of aliphatic hydroxyl groups is 1. The van der Waals surface area contributed by atoms with Gasteiger partial charge in [0.25, 0.3) is 5.91 Å². The number of nitrogens with one attached hydrogen (secondary N) is 2. The minimum absolute atomic E-state index is 0.0661. The van der Waals surface area contributed by atoms with Gasteiger partial charge in [0.1, 0.15) is 12.2 Å². The lowest BCUT2D eigenvalue weighted by molar-refractivity contribution is -0.00177. The molecule has 1 atom stereocenters. The number of halogens is 1. The van der Waals surface area contributed by atoms with Crippen LogP contribution in [-0.2, 0) is 0 Å². The Morgan fingerprint density at radius 1 is 1.42 bits per heavy atom. The van der Waals surface area contributed by atoms with Gasteiger partial charge in [-0.1, -0.05) is 5.11 Å². The number of rotatable bonds is 9. The first-order valence-electron chi connectivity index (χ1n) is 11.5. The van der Waals surface area contributed by atoms with Crippen LogP contribution in [0.3, 0.4) is 0 Å². The monoisotopic (exact) mass is 491 g/mol. The van der Waals surface area contributed by atoms with Crippen molar-refractivity contribution in [2.24, 2.45) is 11.0 Å². The molecule has 0 bridgehead atoms. The summed E-state index contributed by atoms with van der Waals surface area (Å²) in [6.07, 6.45) is 2.79. The third-order valence-corrected chi connectivity index (χ3v) is 6.25. The molecule has 0 aromatic carbocycles. The van der Waals surface area contributed by atoms with Gasteiger partial charge in [-0.15, -0.1) is 0 Å². The Morgan fingerprint density at radius 3 is 2.89 bits per heavy atom. The highest BCUT2D eigenvalue weighted by Gasteiger charge is 2.30. The van der Waals surface area contributed by atoms with Crippen LogP contribution in [0.15, 0.2) is 41.8 Å². The zero-order chi connectivity index (χ0) is 25.9. The molecule has 3 aromatic heterocycles. The molecular formula is C24H26FN9O2. The second-order valence-corrected chi connectivity index (χ2v) is 9.45. The fourth-order valence-electron chi connectivity index (χ4n) is 4.05. The summed E-state index contributed by atoms with van der Waals surface area (Å²) in [5, 5.41) is 32.8. The molecule has 3 aromatic rings. The van der Waals surface area contributed by atoms with Gasteiger partial charge >= 0.3 is 0 Å². The maximum Gasteiger partial charge on any atom is 0.255 e. The molecule has 0 radical (unpaired) electrons. The molecule has 3 heterocycles. The summed E-state index contributed by atoms with van der Waals surface area (Å²) in [5.41, 5.74) is 10.1. The minimum Gasteiger partial charge on any atom is -0.387 e. The summed E-state index contributed by atoms with van der Waals surface area (Å²) < 4.78 is 15.9. The minimum atomic E-state index is -1.64. The van der Waals surface area contributed by atoms with Gasteiger partial charge in [-0.05, 0) is 62.4 Å². The molecular weight excluding hydrogens is 465 g/mol. The van der Waals surface area contributed by atoms with Gasteiger partial charge in [-0.3, -0.25) is 9.78 Å². The number of hydrogen-bond donors (Lipinski definition) is 3. The second-order valence-electron chi connectivity index (χ2n) is 9.45. The topological polar surface area (TPSA) is 164 Å². The first kappa shape index (κ1) is 24.9. The van der Waals surface area contributed by atoms with Crippen LogP contribution in [0.2, 0.25) is 0 Å². The molecule has 0 saturated heterocycles. The predicted octanol–water partition coefficient (Wildman–Crippen LogP) is 3.61. The van der Waals surface area contributed by atoms with Gasteiger partial charge in [-0.25, -0.2) is 8.91 Å². The number of alkyl halides is 1. The zero-order valence-corrected chi connectivity index (χ0v) is 19.9. The molecule has 1 fully saturated rings. The standard InChI is InChI=1S/C24H26FN9O2/c1-24(2,36)22(25)13-29-23(35)18-12-28-20(8-19(18)32-16-5-14(6-16)10-30-33-27)21-4-3-17-7-15(9-26)11-31-34(17)21/h3-4,7-8,11-12,14,16,22,36H,5-6,10,13H2,1-2H3,(H,28,32)(H,29,35). The molecule has 4 rings (SSSR count). The van der Waals surface area contributed by atoms with Crippen LogP contribution in [-0.4, -0.2) is 56.5 Å². The number of azide groups is 1. The van der Waals surface area contributed by atoms with Crippen molar-refractivity contribution in [3.63, 3.8) is 0 Å². The third-order valence-electron chi connectivity index (χ3n) is 6.25. The van der Waals surface area contributed by atoms with Crippen molar-refractivity contribution in [1.29, 1.82) is 5.26 Å². The first-order valence-corrected chi connectivity index (χ1v) is 11.5. The summed E-state index contributed by atoms with van der Waals surface area (Å²) >= 11 is 0. The molecule has 1 amide bonds. The number of nitrogens with zero attached hydrogens (tertiary/aromatic N) is 7. The molecule has 1 aliphatic rings. The van der Waals surface area contributed by atoms with E-state index in [2.05, 4.69) is 36.8 Å². The first-order chi connectivity index (χ1) is 17.2. The van der Waals surface area contributed by atoms with Crippen LogP contribution in [0, 0.1) is 17.2 Å². The molecule has 1 aliphatic carbocycles. The Hall–Kier alpha value is -4.20. The lowest BCUT2D eigenvalue weighted by atomic mass is 9.80. The van der Waals surface area contributed by atoms with Crippen LogP contribution in [0.25, 0.3) is 27.3 Å². The fraction of sp³-hybridized carbons (Fsp3) is 0.417. The van der Waals surface area contributed by atoms with E-state index in [1.54, 1.807) is 16.6 Å². The molecule has 3 N–H and O–H groups in total. The van der Waals surface area contributed by atoms with E-state index in [9.17, 15) is 14.3 Å². The van der Waals surface area contributed by atoms with Gasteiger partial charge in [-0.2, -0.15) is 10.4 Å². The van der Waals surface area contributed by atoms with Crippen LogP contribution in [0.5, 0.6) is 0 Å². The lowest BCUT2D eigenvalue weighted by Gasteiger charge is -2.36. The second kappa shape index (κ2) is 10.2. The highest BCUT2D eigenvalue weighted by atomic mass is 19.1. The average Bonchev–Trinajstić information content (AvgIpc) is 3.26. The smallest absolute Gasteiger partial charge is 0.255 e. The van der Waals surface area contributed by atoms with E-state index in [1.165, 1.54) is 26.2 Å². The Bertz CT molecular complexity index is 1360. The van der Waals surface area contributed by atoms with Gasteiger partial charge < -0.3 is 15.7 Å². The van der Waals surface area contributed by atoms with Gasteiger partial charge in [0.15, 0.2) is 0 Å². The van der Waals surface area contributed by atoms with Gasteiger partial charge in [0, 0.05) is 23.7 Å². The number of fused-ring (bicyclic) bond motifs is 1. The Labute approximate surface area is 206 Å². The van der Waals surface area contributed by atoms with E-state index in [0.717, 1.165) is 18.4 Å². The van der Waals surface area contributed by atoms with Crippen molar-refractivity contribution in [2.45, 2.75) is 44.5 Å². The number of nitriles is 1. The van der Waals surface area contributed by atoms with E-state index in [1.807, 2.05) is 12.1 Å². The van der Waals surface area contributed by atoms with Crippen molar-refractivity contribution < 1.29 is 14.3 Å². The van der Waals surface area contributed by atoms with Crippen LogP contribution < -0.4 is 10.6 Å². The summed E-state index contributed by atoms with van der Waals surface area (Å²) in [5.74, 6) is -0.255. The van der Waals surface area contributed by atoms with Crippen LogP contribution >= 0.6 is 0 Å². The number of carbonyl (C=O) groups excluding carboxylic acids is 1. The quantitative estimate of drug-likeness (QED) is 0.235. The molecule has 1 unspecified atom stereocenters. The van der Waals surface area contributed by atoms with E-state index in [4.69, 9.17) is 10.8 Å². The normalized spacial score (nSPS) is 18.0. The maximum absolute atomic E-state index is 14.2. The van der Waals surface area contributed by atoms with Gasteiger partial charge in [0.05, 0.1) is 52.1 Å². The SMILES string of the molecule is CC(C)(O)C(F)CNC(=O)c1cnc(-c2ccc3cc(C#N)cnn23)cc1NC1CC(CN=[N+]=[N-])C1. The third kappa shape index (κ3) is 5.38. The number of pyridine rings is 1. The Kier molecular flexibility index (Phi) is 7.05. The molecule has 36 heavy (non-hydrogen) atoms. The summed E-state index contributed by atoms with van der Waals surface area (Å²) in [4.78, 5) is 20.2. The average molecular weight is 492 g/mol. The van der Waals surface area contributed by atoms with E-state index >= 15 is 0 Å². The van der Waals surface area contributed by atoms with E-state index in [-0.39, 0.29) is 24.1 Å². The maximum atomic E-state index is 14.2. The van der Waals surface area contributed by atoms with Gasteiger partial charge in [0.2, 0.25) is 0 Å². The van der Waals surface area contributed by atoms with Crippen molar-refractivity contribution in [1.82, 2.24) is 19.9 Å². The zero-order valence-electron chi connectivity index (χ0n) is 19.9. The number of aromatic nitrogens is 3. The van der Waals surface area contributed by atoms with Crippen LogP contribution in [0.1, 0.15) is 42.6 Å². The fourth-order valence-corrected chi connectivity index (χ4v) is 4.05. The molecule has 12 heteroatoms.